The van der Waals surface area contributed by atoms with E-state index in [2.05, 4.69) is 4.98 Å². The molecule has 3 rings (SSSR count). The lowest BCUT2D eigenvalue weighted by Crippen LogP contribution is -1.86. The summed E-state index contributed by atoms with van der Waals surface area (Å²) in [5.74, 6) is -0.927. The summed E-state index contributed by atoms with van der Waals surface area (Å²) in [6, 6.07) is 11.0. The minimum Gasteiger partial charge on any atom is -0.437 e. The molecule has 0 N–H and O–H groups in total. The van der Waals surface area contributed by atoms with Crippen molar-refractivity contribution in [3.63, 3.8) is 0 Å². The third kappa shape index (κ3) is 2.25. The molecule has 0 unspecified atom stereocenters. The second-order valence-corrected chi connectivity index (χ2v) is 3.99. The molecule has 0 saturated heterocycles. The molecule has 0 aliphatic rings. The number of rotatable bonds is 2. The number of nitrogens with zero attached hydrogens (tertiary/aromatic N) is 1. The summed E-state index contributed by atoms with van der Waals surface area (Å²) in [7, 11) is 0. The Morgan fingerprint density at radius 3 is 2.37 bits per heavy atom. The van der Waals surface area contributed by atoms with E-state index in [0.29, 0.717) is 17.0 Å². The van der Waals surface area contributed by atoms with Crippen LogP contribution in [0.3, 0.4) is 0 Å². The van der Waals surface area contributed by atoms with E-state index in [1.54, 1.807) is 12.1 Å². The molecule has 0 spiro atoms. The van der Waals surface area contributed by atoms with E-state index < -0.39 is 11.6 Å². The molecule has 1 heterocycles. The Morgan fingerprint density at radius 1 is 0.895 bits per heavy atom. The summed E-state index contributed by atoms with van der Waals surface area (Å²) in [4.78, 5) is 4.19. The second kappa shape index (κ2) is 4.65. The van der Waals surface area contributed by atoms with Gasteiger partial charge >= 0.3 is 0 Å². The van der Waals surface area contributed by atoms with Crippen molar-refractivity contribution in [2.24, 2.45) is 0 Å². The molecule has 0 aliphatic heterocycles. The highest BCUT2D eigenvalue weighted by Gasteiger charge is 2.06. The zero-order valence-corrected chi connectivity index (χ0v) is 9.81. The van der Waals surface area contributed by atoms with Crippen LogP contribution in [0.2, 0.25) is 0 Å². The molecule has 0 amide bonds. The summed E-state index contributed by atoms with van der Waals surface area (Å²) in [6.07, 6.45) is 2.76. The van der Waals surface area contributed by atoms with E-state index in [1.165, 1.54) is 30.4 Å². The summed E-state index contributed by atoms with van der Waals surface area (Å²) in [5.41, 5.74) is 1.23. The van der Waals surface area contributed by atoms with Crippen molar-refractivity contribution < 1.29 is 13.2 Å². The molecule has 3 aromatic rings. The lowest BCUT2D eigenvalue weighted by atomic mass is 10.2. The maximum absolute atomic E-state index is 13.4. The van der Waals surface area contributed by atoms with Crippen LogP contribution in [-0.2, 0) is 0 Å². The van der Waals surface area contributed by atoms with Crippen LogP contribution in [0.4, 0.5) is 8.78 Å². The minimum atomic E-state index is -0.618. The fraction of sp³-hybridized carbons (Fsp3) is 0. The van der Waals surface area contributed by atoms with Gasteiger partial charge in [-0.05, 0) is 30.3 Å². The van der Waals surface area contributed by atoms with Gasteiger partial charge in [-0.2, -0.15) is 0 Å². The number of oxazole rings is 1. The van der Waals surface area contributed by atoms with E-state index in [-0.39, 0.29) is 5.56 Å². The Hall–Kier alpha value is -2.49. The first-order chi connectivity index (χ1) is 9.24. The Bertz CT molecular complexity index is 708. The highest BCUT2D eigenvalue weighted by Crippen LogP contribution is 2.18. The van der Waals surface area contributed by atoms with Crippen LogP contribution in [-0.4, -0.2) is 4.98 Å². The monoisotopic (exact) mass is 257 g/mol. The predicted octanol–water partition coefficient (Wildman–Crippen LogP) is 4.28. The first kappa shape index (κ1) is 11.6. The maximum Gasteiger partial charge on any atom is 0.220 e. The Labute approximate surface area is 108 Å². The van der Waals surface area contributed by atoms with E-state index in [1.807, 2.05) is 12.1 Å². The average molecular weight is 257 g/mol. The van der Waals surface area contributed by atoms with Crippen molar-refractivity contribution in [3.05, 3.63) is 65.6 Å². The van der Waals surface area contributed by atoms with Gasteiger partial charge in [-0.1, -0.05) is 18.2 Å². The van der Waals surface area contributed by atoms with Crippen molar-refractivity contribution in [3.8, 4) is 0 Å². The third-order valence-corrected chi connectivity index (χ3v) is 2.70. The Kier molecular flexibility index (Phi) is 2.83. The van der Waals surface area contributed by atoms with Gasteiger partial charge in [-0.25, -0.2) is 13.8 Å². The molecule has 0 saturated carbocycles. The number of benzene rings is 2. The topological polar surface area (TPSA) is 26.0 Å². The van der Waals surface area contributed by atoms with Crippen molar-refractivity contribution in [2.45, 2.75) is 0 Å². The number of hydrogen-bond donors (Lipinski definition) is 0. The van der Waals surface area contributed by atoms with Crippen molar-refractivity contribution in [2.75, 3.05) is 0 Å². The van der Waals surface area contributed by atoms with E-state index >= 15 is 0 Å². The van der Waals surface area contributed by atoms with Gasteiger partial charge in [0, 0.05) is 11.6 Å². The van der Waals surface area contributed by atoms with Gasteiger partial charge in [-0.15, -0.1) is 0 Å². The zero-order valence-electron chi connectivity index (χ0n) is 9.81. The summed E-state index contributed by atoms with van der Waals surface area (Å²) in [5, 5.41) is 0. The lowest BCUT2D eigenvalue weighted by molar-refractivity contribution is 0.578. The number of hydrogen-bond acceptors (Lipinski definition) is 2. The van der Waals surface area contributed by atoms with E-state index in [4.69, 9.17) is 4.42 Å². The van der Waals surface area contributed by atoms with Gasteiger partial charge in [0.1, 0.15) is 17.2 Å². The van der Waals surface area contributed by atoms with E-state index in [0.717, 1.165) is 0 Å². The van der Waals surface area contributed by atoms with Gasteiger partial charge in [0.05, 0.1) is 0 Å². The predicted molar refractivity (Wildman–Crippen MR) is 69.3 cm³/mol. The molecule has 94 valence electrons. The maximum atomic E-state index is 13.4. The summed E-state index contributed by atoms with van der Waals surface area (Å²) >= 11 is 0. The molecular weight excluding hydrogens is 248 g/mol. The van der Waals surface area contributed by atoms with Gasteiger partial charge in [0.2, 0.25) is 5.89 Å². The Morgan fingerprint density at radius 2 is 1.63 bits per heavy atom. The average Bonchev–Trinajstić information content (AvgIpc) is 2.81. The largest absolute Gasteiger partial charge is 0.437 e. The van der Waals surface area contributed by atoms with Gasteiger partial charge < -0.3 is 4.42 Å². The third-order valence-electron chi connectivity index (χ3n) is 2.70. The van der Waals surface area contributed by atoms with Gasteiger partial charge in [-0.3, -0.25) is 0 Å². The van der Waals surface area contributed by atoms with Crippen molar-refractivity contribution in [1.82, 2.24) is 4.98 Å². The molecular formula is C15H9F2NO. The number of fused-ring (bicyclic) bond motifs is 1. The molecule has 0 atom stereocenters. The minimum absolute atomic E-state index is 0.107. The fourth-order valence-corrected chi connectivity index (χ4v) is 1.79. The molecule has 4 heteroatoms. The summed E-state index contributed by atoms with van der Waals surface area (Å²) < 4.78 is 32.3. The van der Waals surface area contributed by atoms with Crippen molar-refractivity contribution in [1.29, 1.82) is 0 Å². The number of halogens is 2. The van der Waals surface area contributed by atoms with Crippen LogP contribution in [0.5, 0.6) is 0 Å². The van der Waals surface area contributed by atoms with Crippen LogP contribution in [0.1, 0.15) is 11.5 Å². The van der Waals surface area contributed by atoms with Gasteiger partial charge in [0.25, 0.3) is 0 Å². The summed E-state index contributed by atoms with van der Waals surface area (Å²) in [6.45, 7) is 0. The second-order valence-electron chi connectivity index (χ2n) is 3.99. The molecule has 0 bridgehead atoms. The lowest BCUT2D eigenvalue weighted by Gasteiger charge is -1.97. The molecule has 0 fully saturated rings. The highest BCUT2D eigenvalue weighted by molar-refractivity contribution is 5.76. The van der Waals surface area contributed by atoms with Gasteiger partial charge in [0.15, 0.2) is 5.58 Å². The number of para-hydroxylation sites is 2. The molecule has 19 heavy (non-hydrogen) atoms. The number of aromatic nitrogens is 1. The molecule has 1 aromatic heterocycles. The van der Waals surface area contributed by atoms with Crippen molar-refractivity contribution >= 4 is 23.3 Å². The van der Waals surface area contributed by atoms with Crippen LogP contribution in [0.15, 0.2) is 46.9 Å². The smallest absolute Gasteiger partial charge is 0.220 e. The molecule has 2 nitrogen and oxygen atoms in total. The van der Waals surface area contributed by atoms with Crippen LogP contribution in [0.25, 0.3) is 23.3 Å². The van der Waals surface area contributed by atoms with Crippen LogP contribution < -0.4 is 0 Å². The first-order valence-electron chi connectivity index (χ1n) is 5.72. The molecule has 0 aliphatic carbocycles. The quantitative estimate of drug-likeness (QED) is 0.685. The van der Waals surface area contributed by atoms with E-state index in [9.17, 15) is 8.78 Å². The fourth-order valence-electron chi connectivity index (χ4n) is 1.79. The highest BCUT2D eigenvalue weighted by atomic mass is 19.1. The normalized spacial score (nSPS) is 11.5. The molecule has 0 radical (unpaired) electrons. The SMILES string of the molecule is Fc1cccc(F)c1/C=C/c1nc2ccccc2o1. The molecule has 2 aromatic carbocycles. The van der Waals surface area contributed by atoms with Crippen LogP contribution >= 0.6 is 0 Å². The Balaban J connectivity index is 1.98. The zero-order chi connectivity index (χ0) is 13.2. The standard InChI is InChI=1S/C15H9F2NO/c16-11-4-3-5-12(17)10(11)8-9-15-18-13-6-1-2-7-14(13)19-15/h1-9H/b9-8+. The van der Waals surface area contributed by atoms with Crippen LogP contribution in [0, 0.1) is 11.6 Å². The first-order valence-corrected chi connectivity index (χ1v) is 5.72.